The zero-order chi connectivity index (χ0) is 12.2. The highest BCUT2D eigenvalue weighted by Crippen LogP contribution is 2.55. The minimum atomic E-state index is 0.0684. The zero-order valence-corrected chi connectivity index (χ0v) is 12.3. The molecule has 0 heterocycles. The summed E-state index contributed by atoms with van der Waals surface area (Å²) in [5, 5.41) is 0. The van der Waals surface area contributed by atoms with Gasteiger partial charge >= 0.3 is 0 Å². The van der Waals surface area contributed by atoms with Gasteiger partial charge in [-0.3, -0.25) is 0 Å². The summed E-state index contributed by atoms with van der Waals surface area (Å²) in [6.45, 7) is 4.50. The molecule has 2 aliphatic rings. The lowest BCUT2D eigenvalue weighted by atomic mass is 9.72. The van der Waals surface area contributed by atoms with Crippen LogP contribution in [0.25, 0.3) is 0 Å². The van der Waals surface area contributed by atoms with Gasteiger partial charge in [0.2, 0.25) is 0 Å². The SMILES string of the molecule is CC1(C)c2cc(I)ccc2C2CCC(F)=CC21. The summed E-state index contributed by atoms with van der Waals surface area (Å²) in [4.78, 5) is 0. The Balaban J connectivity index is 2.18. The van der Waals surface area contributed by atoms with Crippen LogP contribution >= 0.6 is 22.6 Å². The first-order valence-corrected chi connectivity index (χ1v) is 7.24. The first-order valence-electron chi connectivity index (χ1n) is 6.16. The Morgan fingerprint density at radius 2 is 2.12 bits per heavy atom. The standard InChI is InChI=1S/C15H16FI/c1-15(2)13-7-9(16)3-5-11(13)12-6-4-10(17)8-14(12)15/h4,6-8,11,13H,3,5H2,1-2H3. The molecule has 90 valence electrons. The van der Waals surface area contributed by atoms with Crippen molar-refractivity contribution in [3.8, 4) is 0 Å². The number of hydrogen-bond acceptors (Lipinski definition) is 0. The molecule has 0 spiro atoms. The predicted molar refractivity (Wildman–Crippen MR) is 76.8 cm³/mol. The largest absolute Gasteiger partial charge is 0.212 e. The second-order valence-corrected chi connectivity index (χ2v) is 6.98. The third-order valence-electron chi connectivity index (χ3n) is 4.43. The van der Waals surface area contributed by atoms with Crippen LogP contribution in [0.2, 0.25) is 0 Å². The number of rotatable bonds is 0. The van der Waals surface area contributed by atoms with Crippen LogP contribution in [-0.2, 0) is 5.41 Å². The second-order valence-electron chi connectivity index (χ2n) is 5.74. The van der Waals surface area contributed by atoms with Gasteiger partial charge < -0.3 is 0 Å². The van der Waals surface area contributed by atoms with Gasteiger partial charge in [0.25, 0.3) is 0 Å². The Bertz CT molecular complexity index is 502. The lowest BCUT2D eigenvalue weighted by Crippen LogP contribution is -2.26. The normalized spacial score (nSPS) is 29.5. The first-order chi connectivity index (χ1) is 8.00. The van der Waals surface area contributed by atoms with Crippen LogP contribution < -0.4 is 0 Å². The van der Waals surface area contributed by atoms with E-state index in [-0.39, 0.29) is 11.2 Å². The van der Waals surface area contributed by atoms with Gasteiger partial charge in [-0.25, -0.2) is 4.39 Å². The number of halogens is 2. The molecule has 0 saturated carbocycles. The van der Waals surface area contributed by atoms with Gasteiger partial charge in [0.1, 0.15) is 0 Å². The summed E-state index contributed by atoms with van der Waals surface area (Å²) in [7, 11) is 0. The summed E-state index contributed by atoms with van der Waals surface area (Å²) >= 11 is 2.36. The quantitative estimate of drug-likeness (QED) is 0.587. The average molecular weight is 342 g/mol. The fourth-order valence-electron chi connectivity index (χ4n) is 3.52. The van der Waals surface area contributed by atoms with Crippen molar-refractivity contribution < 1.29 is 4.39 Å². The molecular formula is C15H16FI. The molecule has 0 saturated heterocycles. The van der Waals surface area contributed by atoms with Crippen molar-refractivity contribution in [2.45, 2.75) is 38.0 Å². The fourth-order valence-corrected chi connectivity index (χ4v) is 4.01. The van der Waals surface area contributed by atoms with Crippen molar-refractivity contribution >= 4 is 22.6 Å². The Labute approximate surface area is 115 Å². The highest BCUT2D eigenvalue weighted by atomic mass is 127. The van der Waals surface area contributed by atoms with Gasteiger partial charge in [-0.05, 0) is 82.0 Å². The highest BCUT2D eigenvalue weighted by molar-refractivity contribution is 14.1. The fraction of sp³-hybridized carbons (Fsp3) is 0.467. The van der Waals surface area contributed by atoms with Crippen molar-refractivity contribution in [2.75, 3.05) is 0 Å². The van der Waals surface area contributed by atoms with Crippen molar-refractivity contribution in [1.29, 1.82) is 0 Å². The number of benzene rings is 1. The lowest BCUT2D eigenvalue weighted by molar-refractivity contribution is 0.325. The van der Waals surface area contributed by atoms with Crippen molar-refractivity contribution in [2.24, 2.45) is 5.92 Å². The Hall–Kier alpha value is -0.380. The Morgan fingerprint density at radius 1 is 1.35 bits per heavy atom. The van der Waals surface area contributed by atoms with Crippen LogP contribution in [0.1, 0.15) is 43.7 Å². The molecule has 3 rings (SSSR count). The van der Waals surface area contributed by atoms with Gasteiger partial charge in [-0.2, -0.15) is 0 Å². The second kappa shape index (κ2) is 3.81. The van der Waals surface area contributed by atoms with Crippen LogP contribution in [0.5, 0.6) is 0 Å². The van der Waals surface area contributed by atoms with Crippen LogP contribution in [0.15, 0.2) is 30.1 Å². The molecule has 2 unspecified atom stereocenters. The van der Waals surface area contributed by atoms with Crippen LogP contribution in [0, 0.1) is 9.49 Å². The molecule has 0 amide bonds. The molecule has 2 aliphatic carbocycles. The predicted octanol–water partition coefficient (Wildman–Crippen LogP) is 4.93. The molecule has 1 aromatic carbocycles. The third-order valence-corrected chi connectivity index (χ3v) is 5.10. The van der Waals surface area contributed by atoms with E-state index in [0.29, 0.717) is 18.3 Å². The molecule has 2 atom stereocenters. The first kappa shape index (κ1) is 11.7. The van der Waals surface area contributed by atoms with Crippen LogP contribution in [-0.4, -0.2) is 0 Å². The maximum Gasteiger partial charge on any atom is 0.0963 e. The van der Waals surface area contributed by atoms with Gasteiger partial charge in [-0.1, -0.05) is 19.9 Å². The molecule has 0 radical (unpaired) electrons. The number of fused-ring (bicyclic) bond motifs is 3. The number of allylic oxidation sites excluding steroid dienone is 2. The van der Waals surface area contributed by atoms with Gasteiger partial charge in [-0.15, -0.1) is 0 Å². The molecule has 0 bridgehead atoms. The molecule has 0 aromatic heterocycles. The third kappa shape index (κ3) is 1.67. The van der Waals surface area contributed by atoms with Crippen molar-refractivity contribution in [3.05, 3.63) is 44.8 Å². The van der Waals surface area contributed by atoms with Gasteiger partial charge in [0, 0.05) is 3.57 Å². The zero-order valence-electron chi connectivity index (χ0n) is 10.1. The summed E-state index contributed by atoms with van der Waals surface area (Å²) in [5.74, 6) is 0.947. The van der Waals surface area contributed by atoms with E-state index in [9.17, 15) is 4.39 Å². The monoisotopic (exact) mass is 342 g/mol. The van der Waals surface area contributed by atoms with Crippen molar-refractivity contribution in [1.82, 2.24) is 0 Å². The summed E-state index contributed by atoms with van der Waals surface area (Å²) in [6.07, 6.45) is 3.45. The van der Waals surface area contributed by atoms with Crippen molar-refractivity contribution in [3.63, 3.8) is 0 Å². The summed E-state index contributed by atoms with van der Waals surface area (Å²) < 4.78 is 14.8. The Morgan fingerprint density at radius 3 is 2.88 bits per heavy atom. The van der Waals surface area contributed by atoms with E-state index in [0.717, 1.165) is 6.42 Å². The average Bonchev–Trinajstić information content (AvgIpc) is 2.49. The maximum absolute atomic E-state index is 13.5. The van der Waals surface area contributed by atoms with E-state index in [1.54, 1.807) is 0 Å². The van der Waals surface area contributed by atoms with E-state index in [2.05, 4.69) is 54.6 Å². The lowest BCUT2D eigenvalue weighted by Gasteiger charge is -2.31. The number of hydrogen-bond donors (Lipinski definition) is 0. The molecule has 1 aromatic rings. The maximum atomic E-state index is 13.5. The molecule has 0 nitrogen and oxygen atoms in total. The van der Waals surface area contributed by atoms with Gasteiger partial charge in [0.15, 0.2) is 0 Å². The minimum absolute atomic E-state index is 0.0684. The summed E-state index contributed by atoms with van der Waals surface area (Å²) in [5.41, 5.74) is 2.94. The van der Waals surface area contributed by atoms with E-state index >= 15 is 0 Å². The van der Waals surface area contributed by atoms with Gasteiger partial charge in [0.05, 0.1) is 5.83 Å². The smallest absolute Gasteiger partial charge is 0.0963 e. The van der Waals surface area contributed by atoms with E-state index in [4.69, 9.17) is 0 Å². The molecule has 0 N–H and O–H groups in total. The topological polar surface area (TPSA) is 0 Å². The molecule has 17 heavy (non-hydrogen) atoms. The molecule has 2 heteroatoms. The highest BCUT2D eigenvalue weighted by Gasteiger charge is 2.46. The molecule has 0 aliphatic heterocycles. The van der Waals surface area contributed by atoms with E-state index in [1.807, 2.05) is 6.08 Å². The molecule has 0 fully saturated rings. The van der Waals surface area contributed by atoms with Crippen LogP contribution in [0.4, 0.5) is 4.39 Å². The molecular weight excluding hydrogens is 326 g/mol. The summed E-state index contributed by atoms with van der Waals surface area (Å²) in [6, 6.07) is 6.70. The Kier molecular flexibility index (Phi) is 2.62. The van der Waals surface area contributed by atoms with E-state index in [1.165, 1.54) is 14.7 Å². The minimum Gasteiger partial charge on any atom is -0.212 e. The van der Waals surface area contributed by atoms with Crippen LogP contribution in [0.3, 0.4) is 0 Å². The van der Waals surface area contributed by atoms with E-state index < -0.39 is 0 Å².